The molecule has 11 heteroatoms. The van der Waals surface area contributed by atoms with Gasteiger partial charge in [-0.15, -0.1) is 23.5 Å². The minimum absolute atomic E-state index is 0.117. The summed E-state index contributed by atoms with van der Waals surface area (Å²) in [7, 11) is 0. The van der Waals surface area contributed by atoms with Gasteiger partial charge in [0.25, 0.3) is 0 Å². The smallest absolute Gasteiger partial charge is 0.338 e. The zero-order valence-electron chi connectivity index (χ0n) is 28.8. The van der Waals surface area contributed by atoms with Crippen molar-refractivity contribution in [1.29, 1.82) is 0 Å². The lowest BCUT2D eigenvalue weighted by atomic mass is 10.0. The maximum absolute atomic E-state index is 13.9. The van der Waals surface area contributed by atoms with Gasteiger partial charge in [0.2, 0.25) is 0 Å². The van der Waals surface area contributed by atoms with Crippen LogP contribution in [0, 0.1) is 0 Å². The van der Waals surface area contributed by atoms with E-state index in [1.807, 2.05) is 20.8 Å². The average Bonchev–Trinajstić information content (AvgIpc) is 3.18. The van der Waals surface area contributed by atoms with Crippen molar-refractivity contribution in [3.05, 3.63) is 144 Å². The molecular weight excluding hydrogens is 705 g/mol. The van der Waals surface area contributed by atoms with Gasteiger partial charge >= 0.3 is 23.9 Å². The third-order valence-corrected chi connectivity index (χ3v) is 11.8. The Balaban J connectivity index is 1.86. The molecule has 0 aliphatic heterocycles. The Kier molecular flexibility index (Phi) is 16.5. The van der Waals surface area contributed by atoms with E-state index in [1.165, 1.54) is 0 Å². The molecule has 0 radical (unpaired) electrons. The second kappa shape index (κ2) is 21.2. The van der Waals surface area contributed by atoms with E-state index in [1.54, 1.807) is 157 Å². The van der Waals surface area contributed by atoms with Gasteiger partial charge < -0.3 is 18.9 Å². The molecule has 8 nitrogen and oxygen atoms in total. The van der Waals surface area contributed by atoms with Crippen LogP contribution in [0.1, 0.15) is 62.2 Å². The van der Waals surface area contributed by atoms with Crippen LogP contribution in [-0.4, -0.2) is 75.9 Å². The molecule has 4 aromatic rings. The van der Waals surface area contributed by atoms with E-state index in [2.05, 4.69) is 0 Å². The van der Waals surface area contributed by atoms with E-state index in [4.69, 9.17) is 18.9 Å². The summed E-state index contributed by atoms with van der Waals surface area (Å²) in [5, 5.41) is -0.450. The Morgan fingerprint density at radius 3 is 1.22 bits per heavy atom. The van der Waals surface area contributed by atoms with Gasteiger partial charge in [0.05, 0.1) is 32.1 Å². The molecule has 4 aromatic carbocycles. The Labute approximate surface area is 312 Å². The predicted molar refractivity (Wildman–Crippen MR) is 206 cm³/mol. The number of benzene rings is 4. The van der Waals surface area contributed by atoms with Crippen LogP contribution in [-0.2, 0) is 18.9 Å². The second-order valence-corrected chi connectivity index (χ2v) is 15.5. The summed E-state index contributed by atoms with van der Waals surface area (Å²) < 4.78 is 24.4. The monoisotopic (exact) mass is 746 g/mol. The summed E-state index contributed by atoms with van der Waals surface area (Å²) in [5.74, 6) is -0.568. The molecular formula is C40H42O8S3. The van der Waals surface area contributed by atoms with Crippen LogP contribution in [0.15, 0.2) is 121 Å². The Bertz CT molecular complexity index is 1650. The quantitative estimate of drug-likeness (QED) is 0.0524. The van der Waals surface area contributed by atoms with Gasteiger partial charge in [0, 0.05) is 0 Å². The van der Waals surface area contributed by atoms with Crippen molar-refractivity contribution in [1.82, 2.24) is 0 Å². The Hall–Kier alpha value is -4.19. The van der Waals surface area contributed by atoms with E-state index < -0.39 is 54.0 Å². The van der Waals surface area contributed by atoms with Gasteiger partial charge in [-0.25, -0.2) is 19.2 Å². The number of thioether (sulfide) groups is 3. The highest BCUT2D eigenvalue weighted by Crippen LogP contribution is 2.39. The number of ether oxygens (including phenoxy) is 4. The number of hydrogen-bond acceptors (Lipinski definition) is 11. The fraction of sp³-hybridized carbons (Fsp3) is 0.300. The van der Waals surface area contributed by atoms with Gasteiger partial charge in [0.15, 0.2) is 18.3 Å². The van der Waals surface area contributed by atoms with Gasteiger partial charge in [-0.1, -0.05) is 93.6 Å². The number of hydrogen-bond donors (Lipinski definition) is 0. The highest BCUT2D eigenvalue weighted by atomic mass is 32.2. The summed E-state index contributed by atoms with van der Waals surface area (Å²) in [6.07, 6.45) is -3.93. The molecule has 4 atom stereocenters. The highest BCUT2D eigenvalue weighted by Gasteiger charge is 2.46. The molecule has 0 amide bonds. The van der Waals surface area contributed by atoms with E-state index in [0.717, 1.165) is 11.5 Å². The molecule has 0 aromatic heterocycles. The minimum atomic E-state index is -1.40. The third-order valence-electron chi connectivity index (χ3n) is 7.46. The molecule has 0 unspecified atom stereocenters. The molecule has 0 saturated heterocycles. The fourth-order valence-corrected chi connectivity index (χ4v) is 9.52. The van der Waals surface area contributed by atoms with Crippen molar-refractivity contribution in [2.45, 2.75) is 48.9 Å². The van der Waals surface area contributed by atoms with Gasteiger partial charge in [-0.3, -0.25) is 0 Å². The number of carbonyl (C=O) groups excluding carboxylic acids is 4. The first-order valence-corrected chi connectivity index (χ1v) is 19.9. The van der Waals surface area contributed by atoms with Crippen LogP contribution in [0.25, 0.3) is 0 Å². The van der Waals surface area contributed by atoms with Crippen molar-refractivity contribution in [3.63, 3.8) is 0 Å². The van der Waals surface area contributed by atoms with Crippen LogP contribution in [0.2, 0.25) is 0 Å². The molecule has 4 rings (SSSR count). The molecule has 0 aliphatic rings. The summed E-state index contributed by atoms with van der Waals surface area (Å²) in [6.45, 7) is 5.60. The summed E-state index contributed by atoms with van der Waals surface area (Å²) in [4.78, 5) is 54.8. The molecule has 0 fully saturated rings. The number of rotatable bonds is 19. The SMILES string of the molecule is CCSC(SCC)[C@@H](SCC)[C@H](OC(=O)c1ccccc1)[C@H](OC(=O)c1ccccc1)[C@@H](COC(=O)c1ccccc1)OC(=O)c1ccccc1. The lowest BCUT2D eigenvalue weighted by Crippen LogP contribution is -2.53. The van der Waals surface area contributed by atoms with Crippen LogP contribution in [0.4, 0.5) is 0 Å². The lowest BCUT2D eigenvalue weighted by Gasteiger charge is -2.38. The van der Waals surface area contributed by atoms with Gasteiger partial charge in [0.1, 0.15) is 6.61 Å². The maximum Gasteiger partial charge on any atom is 0.338 e. The molecule has 0 saturated carbocycles. The summed E-state index contributed by atoms with van der Waals surface area (Å²) in [5.41, 5.74) is 1.07. The van der Waals surface area contributed by atoms with Gasteiger partial charge in [-0.2, -0.15) is 11.8 Å². The van der Waals surface area contributed by atoms with Crippen LogP contribution in [0.3, 0.4) is 0 Å². The van der Waals surface area contributed by atoms with E-state index >= 15 is 0 Å². The van der Waals surface area contributed by atoms with Crippen LogP contribution in [0.5, 0.6) is 0 Å². The number of carbonyl (C=O) groups is 4. The topological polar surface area (TPSA) is 105 Å². The largest absolute Gasteiger partial charge is 0.458 e. The standard InChI is InChI=1S/C40H42O8S3/c1-4-49-35(40(50-5-2)51-6-3)34(48-39(44)31-25-17-10-18-26-31)33(47-38(43)30-23-15-9-16-24-30)32(46-37(42)29-21-13-8-14-22-29)27-45-36(41)28-19-11-7-12-20-28/h7-26,32-35,40H,4-6,27H2,1-3H3/t32-,33-,34-,35+/m1/s1. The molecule has 0 bridgehead atoms. The lowest BCUT2D eigenvalue weighted by molar-refractivity contribution is -0.101. The van der Waals surface area contributed by atoms with E-state index in [-0.39, 0.29) is 21.3 Å². The van der Waals surface area contributed by atoms with E-state index in [0.29, 0.717) is 11.3 Å². The van der Waals surface area contributed by atoms with Crippen molar-refractivity contribution in [2.75, 3.05) is 23.9 Å². The molecule has 0 spiro atoms. The van der Waals surface area contributed by atoms with Crippen LogP contribution >= 0.6 is 35.3 Å². The Morgan fingerprint density at radius 1 is 0.471 bits per heavy atom. The zero-order valence-corrected chi connectivity index (χ0v) is 31.2. The summed E-state index contributed by atoms with van der Waals surface area (Å²) in [6, 6.07) is 33.6. The van der Waals surface area contributed by atoms with Crippen molar-refractivity contribution >= 4 is 59.2 Å². The third kappa shape index (κ3) is 11.9. The van der Waals surface area contributed by atoms with E-state index in [9.17, 15) is 19.2 Å². The first-order valence-electron chi connectivity index (χ1n) is 16.7. The molecule has 268 valence electrons. The summed E-state index contributed by atoms with van der Waals surface area (Å²) >= 11 is 4.93. The average molecular weight is 747 g/mol. The van der Waals surface area contributed by atoms with Crippen molar-refractivity contribution < 1.29 is 38.1 Å². The molecule has 0 heterocycles. The fourth-order valence-electron chi connectivity index (χ4n) is 5.09. The van der Waals surface area contributed by atoms with Crippen LogP contribution < -0.4 is 0 Å². The zero-order chi connectivity index (χ0) is 36.4. The predicted octanol–water partition coefficient (Wildman–Crippen LogP) is 8.47. The molecule has 51 heavy (non-hydrogen) atoms. The first-order chi connectivity index (χ1) is 24.9. The second-order valence-electron chi connectivity index (χ2n) is 10.9. The first kappa shape index (κ1) is 39.6. The number of esters is 4. The minimum Gasteiger partial charge on any atom is -0.458 e. The highest BCUT2D eigenvalue weighted by molar-refractivity contribution is 8.18. The van der Waals surface area contributed by atoms with Crippen molar-refractivity contribution in [2.24, 2.45) is 0 Å². The Morgan fingerprint density at radius 2 is 0.824 bits per heavy atom. The maximum atomic E-state index is 13.9. The normalized spacial score (nSPS) is 13.3. The molecule has 0 N–H and O–H groups in total. The van der Waals surface area contributed by atoms with Crippen molar-refractivity contribution in [3.8, 4) is 0 Å². The van der Waals surface area contributed by atoms with Gasteiger partial charge in [-0.05, 0) is 65.8 Å². The molecule has 0 aliphatic carbocycles.